The van der Waals surface area contributed by atoms with Crippen LogP contribution in [0.1, 0.15) is 27.7 Å². The van der Waals surface area contributed by atoms with Crippen molar-refractivity contribution in [1.29, 1.82) is 0 Å². The van der Waals surface area contributed by atoms with Gasteiger partial charge in [0.15, 0.2) is 11.4 Å². The fraction of sp³-hybridized carbons (Fsp3) is 0.190. The quantitative estimate of drug-likeness (QED) is 0.587. The third kappa shape index (κ3) is 3.91. The van der Waals surface area contributed by atoms with Gasteiger partial charge in [0, 0.05) is 30.1 Å². The summed E-state index contributed by atoms with van der Waals surface area (Å²) in [5.41, 5.74) is 1.06. The first-order chi connectivity index (χ1) is 14.9. The number of hydrogen-bond donors (Lipinski definition) is 2. The second-order valence-corrected chi connectivity index (χ2v) is 6.95. The maximum absolute atomic E-state index is 14.1. The number of halogens is 2. The summed E-state index contributed by atoms with van der Waals surface area (Å²) in [6.07, 6.45) is 0.198. The Morgan fingerprint density at radius 1 is 1.29 bits per heavy atom. The molecule has 4 amide bonds. The van der Waals surface area contributed by atoms with Gasteiger partial charge in [-0.2, -0.15) is 0 Å². The normalized spacial score (nSPS) is 13.8. The van der Waals surface area contributed by atoms with Crippen LogP contribution in [0.25, 0.3) is 11.0 Å². The van der Waals surface area contributed by atoms with E-state index in [1.807, 2.05) is 5.32 Å². The zero-order valence-electron chi connectivity index (χ0n) is 16.3. The SMILES string of the molecule is COc1ccc2c(c1)C(=O)N(C[C@H](NC(=O)NC=O)c1cc3cc(F)cc(F)c3o1)C2. The fourth-order valence-electron chi connectivity index (χ4n) is 3.56. The van der Waals surface area contributed by atoms with Crippen molar-refractivity contribution in [1.82, 2.24) is 15.5 Å². The lowest BCUT2D eigenvalue weighted by molar-refractivity contribution is -0.108. The topological polar surface area (TPSA) is 101 Å². The number of benzene rings is 2. The molecule has 2 N–H and O–H groups in total. The van der Waals surface area contributed by atoms with Crippen LogP contribution in [-0.4, -0.2) is 36.9 Å². The zero-order chi connectivity index (χ0) is 22.1. The standard InChI is InChI=1S/C21H17F2N3O5/c1-30-14-3-2-11-8-26(20(28)15(11)7-14)9-17(25-21(29)24-10-27)18-5-12-4-13(22)6-16(23)19(12)31-18/h2-7,10,17H,8-9H2,1H3,(H2,24,25,27,29)/t17-/m0/s1. The largest absolute Gasteiger partial charge is 0.497 e. The van der Waals surface area contributed by atoms with E-state index in [1.165, 1.54) is 18.1 Å². The number of nitrogens with one attached hydrogen (secondary N) is 2. The molecule has 0 unspecified atom stereocenters. The molecule has 2 heterocycles. The second-order valence-electron chi connectivity index (χ2n) is 6.95. The zero-order valence-corrected chi connectivity index (χ0v) is 16.3. The number of hydrogen-bond acceptors (Lipinski definition) is 5. The highest BCUT2D eigenvalue weighted by molar-refractivity contribution is 5.98. The number of imide groups is 1. The molecule has 1 aliphatic heterocycles. The van der Waals surface area contributed by atoms with Crippen LogP contribution in [0.5, 0.6) is 5.75 Å². The van der Waals surface area contributed by atoms with Gasteiger partial charge in [0.05, 0.1) is 7.11 Å². The summed E-state index contributed by atoms with van der Waals surface area (Å²) in [5.74, 6) is -1.33. The summed E-state index contributed by atoms with van der Waals surface area (Å²) >= 11 is 0. The van der Waals surface area contributed by atoms with Crippen LogP contribution in [0, 0.1) is 11.6 Å². The van der Waals surface area contributed by atoms with Gasteiger partial charge in [-0.1, -0.05) is 6.07 Å². The molecule has 0 spiro atoms. The fourth-order valence-corrected chi connectivity index (χ4v) is 3.56. The monoisotopic (exact) mass is 429 g/mol. The third-order valence-electron chi connectivity index (χ3n) is 4.99. The summed E-state index contributed by atoms with van der Waals surface area (Å²) in [6, 6.07) is 6.52. The molecule has 0 saturated heterocycles. The molecular formula is C21H17F2N3O5. The summed E-state index contributed by atoms with van der Waals surface area (Å²) in [7, 11) is 1.49. The average Bonchev–Trinajstić information content (AvgIpc) is 3.29. The Labute approximate surface area is 174 Å². The van der Waals surface area contributed by atoms with Crippen LogP contribution in [0.15, 0.2) is 40.8 Å². The Kier molecular flexibility index (Phi) is 5.28. The van der Waals surface area contributed by atoms with Gasteiger partial charge < -0.3 is 19.4 Å². The number of fused-ring (bicyclic) bond motifs is 2. The minimum Gasteiger partial charge on any atom is -0.497 e. The number of carbonyl (C=O) groups is 3. The van der Waals surface area contributed by atoms with E-state index in [1.54, 1.807) is 18.2 Å². The van der Waals surface area contributed by atoms with E-state index in [0.717, 1.165) is 11.6 Å². The summed E-state index contributed by atoms with van der Waals surface area (Å²) in [5, 5.41) is 4.62. The summed E-state index contributed by atoms with van der Waals surface area (Å²) in [6.45, 7) is 0.237. The van der Waals surface area contributed by atoms with E-state index >= 15 is 0 Å². The second kappa shape index (κ2) is 8.05. The minimum absolute atomic E-state index is 0.0357. The Hall–Kier alpha value is -3.95. The molecule has 31 heavy (non-hydrogen) atoms. The van der Waals surface area contributed by atoms with Crippen molar-refractivity contribution in [2.45, 2.75) is 12.6 Å². The van der Waals surface area contributed by atoms with Gasteiger partial charge in [-0.15, -0.1) is 0 Å². The van der Waals surface area contributed by atoms with E-state index < -0.39 is 23.7 Å². The summed E-state index contributed by atoms with van der Waals surface area (Å²) in [4.78, 5) is 36.9. The highest BCUT2D eigenvalue weighted by atomic mass is 19.1. The molecule has 2 aromatic carbocycles. The van der Waals surface area contributed by atoms with Crippen molar-refractivity contribution in [3.8, 4) is 5.75 Å². The van der Waals surface area contributed by atoms with Crippen molar-refractivity contribution in [2.75, 3.05) is 13.7 Å². The van der Waals surface area contributed by atoms with Crippen LogP contribution < -0.4 is 15.4 Å². The van der Waals surface area contributed by atoms with E-state index in [2.05, 4.69) is 5.32 Å². The smallest absolute Gasteiger partial charge is 0.321 e. The molecule has 4 rings (SSSR count). The van der Waals surface area contributed by atoms with Gasteiger partial charge in [-0.25, -0.2) is 13.6 Å². The molecule has 0 bridgehead atoms. The average molecular weight is 429 g/mol. The van der Waals surface area contributed by atoms with Crippen molar-refractivity contribution in [2.24, 2.45) is 0 Å². The lowest BCUT2D eigenvalue weighted by atomic mass is 10.1. The number of ether oxygens (including phenoxy) is 1. The number of nitrogens with zero attached hydrogens (tertiary/aromatic N) is 1. The lowest BCUT2D eigenvalue weighted by Gasteiger charge is -2.23. The van der Waals surface area contributed by atoms with Gasteiger partial charge in [0.25, 0.3) is 5.91 Å². The minimum atomic E-state index is -0.935. The maximum Gasteiger partial charge on any atom is 0.321 e. The Balaban J connectivity index is 1.65. The summed E-state index contributed by atoms with van der Waals surface area (Å²) < 4.78 is 38.3. The van der Waals surface area contributed by atoms with Crippen LogP contribution in [0.4, 0.5) is 13.6 Å². The Morgan fingerprint density at radius 3 is 2.84 bits per heavy atom. The lowest BCUT2D eigenvalue weighted by Crippen LogP contribution is -2.42. The van der Waals surface area contributed by atoms with E-state index in [-0.39, 0.29) is 42.1 Å². The van der Waals surface area contributed by atoms with Gasteiger partial charge >= 0.3 is 6.03 Å². The van der Waals surface area contributed by atoms with E-state index in [0.29, 0.717) is 17.4 Å². The van der Waals surface area contributed by atoms with Crippen LogP contribution >= 0.6 is 0 Å². The van der Waals surface area contributed by atoms with Crippen molar-refractivity contribution < 1.29 is 32.3 Å². The van der Waals surface area contributed by atoms with E-state index in [4.69, 9.17) is 9.15 Å². The number of methoxy groups -OCH3 is 1. The first kappa shape index (κ1) is 20.3. The highest BCUT2D eigenvalue weighted by Crippen LogP contribution is 2.31. The molecule has 10 heteroatoms. The first-order valence-corrected chi connectivity index (χ1v) is 9.25. The predicted molar refractivity (Wildman–Crippen MR) is 104 cm³/mol. The number of amides is 4. The number of furan rings is 1. The molecule has 3 aromatic rings. The van der Waals surface area contributed by atoms with E-state index in [9.17, 15) is 23.2 Å². The van der Waals surface area contributed by atoms with Crippen LogP contribution in [0.3, 0.4) is 0 Å². The molecule has 0 fully saturated rings. The number of rotatable bonds is 6. The predicted octanol–water partition coefficient (Wildman–Crippen LogP) is 2.87. The maximum atomic E-state index is 14.1. The van der Waals surface area contributed by atoms with Crippen LogP contribution in [-0.2, 0) is 11.3 Å². The third-order valence-corrected chi connectivity index (χ3v) is 4.99. The molecule has 1 aliphatic rings. The Bertz CT molecular complexity index is 1190. The molecule has 0 saturated carbocycles. The van der Waals surface area contributed by atoms with Crippen molar-refractivity contribution >= 4 is 29.3 Å². The molecular weight excluding hydrogens is 412 g/mol. The molecule has 1 atom stereocenters. The Morgan fingerprint density at radius 2 is 2.10 bits per heavy atom. The number of urea groups is 1. The van der Waals surface area contributed by atoms with Gasteiger partial charge in [0.1, 0.15) is 23.4 Å². The molecule has 160 valence electrons. The first-order valence-electron chi connectivity index (χ1n) is 9.25. The molecule has 0 radical (unpaired) electrons. The van der Waals surface area contributed by atoms with Gasteiger partial charge in [-0.05, 0) is 29.8 Å². The highest BCUT2D eigenvalue weighted by Gasteiger charge is 2.32. The van der Waals surface area contributed by atoms with Crippen molar-refractivity contribution in [3.63, 3.8) is 0 Å². The molecule has 1 aromatic heterocycles. The van der Waals surface area contributed by atoms with Gasteiger partial charge in [-0.3, -0.25) is 14.9 Å². The molecule has 8 nitrogen and oxygen atoms in total. The van der Waals surface area contributed by atoms with Crippen LogP contribution in [0.2, 0.25) is 0 Å². The van der Waals surface area contributed by atoms with Crippen molar-refractivity contribution in [3.05, 3.63) is 64.9 Å². The molecule has 0 aliphatic carbocycles. The van der Waals surface area contributed by atoms with Gasteiger partial charge in [0.2, 0.25) is 6.41 Å². The number of carbonyl (C=O) groups excluding carboxylic acids is 3.